The molecule has 7 heteroatoms. The molecule has 2 aromatic heterocycles. The van der Waals surface area contributed by atoms with Crippen LogP contribution in [0.3, 0.4) is 0 Å². The highest BCUT2D eigenvalue weighted by molar-refractivity contribution is 5.89. The molecule has 3 aromatic rings. The second-order valence-electron chi connectivity index (χ2n) is 5.40. The highest BCUT2D eigenvalue weighted by atomic mass is 16.5. The third-order valence-corrected chi connectivity index (χ3v) is 3.98. The van der Waals surface area contributed by atoms with Gasteiger partial charge in [-0.15, -0.1) is 0 Å². The monoisotopic (exact) mass is 326 g/mol. The van der Waals surface area contributed by atoms with Crippen molar-refractivity contribution in [3.8, 4) is 5.75 Å². The Labute approximate surface area is 141 Å². The number of fused-ring (bicyclic) bond motifs is 1. The van der Waals surface area contributed by atoms with Crippen molar-refractivity contribution in [2.45, 2.75) is 13.8 Å². The van der Waals surface area contributed by atoms with Crippen LogP contribution in [0.2, 0.25) is 0 Å². The van der Waals surface area contributed by atoms with Crippen molar-refractivity contribution in [1.29, 1.82) is 0 Å². The largest absolute Gasteiger partial charge is 0.497 e. The summed E-state index contributed by atoms with van der Waals surface area (Å²) in [5.41, 5.74) is 1.74. The predicted octanol–water partition coefficient (Wildman–Crippen LogP) is 2.96. The Kier molecular flexibility index (Phi) is 4.50. The van der Waals surface area contributed by atoms with Gasteiger partial charge in [-0.25, -0.2) is 0 Å². The number of nitrogens with zero attached hydrogens (tertiary/aromatic N) is 5. The van der Waals surface area contributed by atoms with Crippen molar-refractivity contribution in [3.05, 3.63) is 30.5 Å². The highest BCUT2D eigenvalue weighted by Gasteiger charge is 2.14. The fraction of sp³-hybridized carbons (Fsp3) is 0.353. The minimum Gasteiger partial charge on any atom is -0.497 e. The smallest absolute Gasteiger partial charge is 0.229 e. The normalized spacial score (nSPS) is 10.8. The van der Waals surface area contributed by atoms with Crippen LogP contribution in [0.15, 0.2) is 30.5 Å². The van der Waals surface area contributed by atoms with Crippen LogP contribution in [-0.2, 0) is 7.05 Å². The van der Waals surface area contributed by atoms with Gasteiger partial charge >= 0.3 is 0 Å². The first-order valence-corrected chi connectivity index (χ1v) is 8.02. The van der Waals surface area contributed by atoms with Gasteiger partial charge in [0.15, 0.2) is 5.65 Å². The van der Waals surface area contributed by atoms with E-state index >= 15 is 0 Å². The average molecular weight is 326 g/mol. The van der Waals surface area contributed by atoms with Gasteiger partial charge in [-0.2, -0.15) is 15.1 Å². The van der Waals surface area contributed by atoms with E-state index in [2.05, 4.69) is 34.1 Å². The molecule has 0 atom stereocenters. The minimum atomic E-state index is 0.701. The zero-order valence-corrected chi connectivity index (χ0v) is 14.4. The Morgan fingerprint density at radius 2 is 1.83 bits per heavy atom. The number of ether oxygens (including phenoxy) is 1. The van der Waals surface area contributed by atoms with Gasteiger partial charge in [-0.3, -0.25) is 4.68 Å². The standard InChI is InChI=1S/C17H22N6O/c1-5-23(6-2)17-20-15(14-11-18-22(3)16(14)21-17)19-12-7-9-13(24-4)10-8-12/h7-11H,5-6H2,1-4H3,(H,19,20,21). The summed E-state index contributed by atoms with van der Waals surface area (Å²) in [4.78, 5) is 11.5. The summed E-state index contributed by atoms with van der Waals surface area (Å²) in [6, 6.07) is 7.74. The molecule has 0 fully saturated rings. The lowest BCUT2D eigenvalue weighted by atomic mass is 10.3. The van der Waals surface area contributed by atoms with Crippen LogP contribution < -0.4 is 15.0 Å². The van der Waals surface area contributed by atoms with Gasteiger partial charge in [0.05, 0.1) is 18.7 Å². The first kappa shape index (κ1) is 16.0. The molecule has 0 aliphatic rings. The Balaban J connectivity index is 2.04. The van der Waals surface area contributed by atoms with E-state index in [-0.39, 0.29) is 0 Å². The third kappa shape index (κ3) is 2.97. The molecular weight excluding hydrogens is 304 g/mol. The molecule has 0 unspecified atom stereocenters. The molecule has 0 saturated heterocycles. The number of aromatic nitrogens is 4. The zero-order chi connectivity index (χ0) is 17.1. The van der Waals surface area contributed by atoms with E-state index in [1.807, 2.05) is 31.3 Å². The first-order valence-electron chi connectivity index (χ1n) is 8.02. The summed E-state index contributed by atoms with van der Waals surface area (Å²) in [5, 5.41) is 8.57. The van der Waals surface area contributed by atoms with Gasteiger partial charge in [-0.05, 0) is 38.1 Å². The van der Waals surface area contributed by atoms with Gasteiger partial charge in [0.2, 0.25) is 5.95 Å². The molecule has 2 heterocycles. The summed E-state index contributed by atoms with van der Waals surface area (Å²) in [7, 11) is 3.54. The third-order valence-electron chi connectivity index (χ3n) is 3.98. The number of hydrogen-bond acceptors (Lipinski definition) is 6. The van der Waals surface area contributed by atoms with Crippen LogP contribution in [0.5, 0.6) is 5.75 Å². The summed E-state index contributed by atoms with van der Waals surface area (Å²) < 4.78 is 6.97. The Morgan fingerprint density at radius 1 is 1.12 bits per heavy atom. The molecule has 1 N–H and O–H groups in total. The Hall–Kier alpha value is -2.83. The molecule has 0 aliphatic carbocycles. The number of benzene rings is 1. The number of rotatable bonds is 6. The molecule has 0 spiro atoms. The van der Waals surface area contributed by atoms with Gasteiger partial charge in [0.25, 0.3) is 0 Å². The molecule has 0 amide bonds. The van der Waals surface area contributed by atoms with E-state index in [4.69, 9.17) is 9.72 Å². The second kappa shape index (κ2) is 6.74. The Bertz CT molecular complexity index is 823. The molecule has 0 bridgehead atoms. The van der Waals surface area contributed by atoms with Crippen molar-refractivity contribution in [2.75, 3.05) is 30.4 Å². The second-order valence-corrected chi connectivity index (χ2v) is 5.40. The zero-order valence-electron chi connectivity index (χ0n) is 14.4. The lowest BCUT2D eigenvalue weighted by molar-refractivity contribution is 0.415. The van der Waals surface area contributed by atoms with Gasteiger partial charge < -0.3 is 15.0 Å². The maximum Gasteiger partial charge on any atom is 0.229 e. The van der Waals surface area contributed by atoms with Gasteiger partial charge in [0, 0.05) is 25.8 Å². The summed E-state index contributed by atoms with van der Waals surface area (Å²) in [6.07, 6.45) is 1.78. The van der Waals surface area contributed by atoms with Gasteiger partial charge in [-0.1, -0.05) is 0 Å². The highest BCUT2D eigenvalue weighted by Crippen LogP contribution is 2.26. The van der Waals surface area contributed by atoms with E-state index in [1.54, 1.807) is 18.0 Å². The fourth-order valence-electron chi connectivity index (χ4n) is 2.56. The van der Waals surface area contributed by atoms with Crippen molar-refractivity contribution in [1.82, 2.24) is 19.7 Å². The SMILES string of the molecule is CCN(CC)c1nc(Nc2ccc(OC)cc2)c2cnn(C)c2n1. The molecule has 0 saturated carbocycles. The maximum atomic E-state index is 5.20. The molecular formula is C17H22N6O. The fourth-order valence-corrected chi connectivity index (χ4v) is 2.56. The van der Waals surface area contributed by atoms with E-state index in [0.29, 0.717) is 5.95 Å². The first-order chi connectivity index (χ1) is 11.7. The number of methoxy groups -OCH3 is 1. The number of nitrogens with one attached hydrogen (secondary N) is 1. The van der Waals surface area contributed by atoms with Gasteiger partial charge in [0.1, 0.15) is 11.6 Å². The maximum absolute atomic E-state index is 5.20. The lowest BCUT2D eigenvalue weighted by Crippen LogP contribution is -2.24. The van der Waals surface area contributed by atoms with E-state index in [1.165, 1.54) is 0 Å². The number of anilines is 3. The summed E-state index contributed by atoms with van der Waals surface area (Å²) >= 11 is 0. The van der Waals surface area contributed by atoms with Crippen molar-refractivity contribution in [2.24, 2.45) is 7.05 Å². The molecule has 1 aromatic carbocycles. The van der Waals surface area contributed by atoms with E-state index in [0.717, 1.165) is 41.4 Å². The van der Waals surface area contributed by atoms with Crippen LogP contribution in [0.25, 0.3) is 11.0 Å². The Morgan fingerprint density at radius 3 is 2.46 bits per heavy atom. The average Bonchev–Trinajstić information content (AvgIpc) is 2.98. The number of hydrogen-bond donors (Lipinski definition) is 1. The summed E-state index contributed by atoms with van der Waals surface area (Å²) in [5.74, 6) is 2.27. The number of aryl methyl sites for hydroxylation is 1. The summed E-state index contributed by atoms with van der Waals surface area (Å²) in [6.45, 7) is 5.89. The molecule has 0 aliphatic heterocycles. The molecule has 24 heavy (non-hydrogen) atoms. The van der Waals surface area contributed by atoms with Crippen molar-refractivity contribution >= 4 is 28.5 Å². The molecule has 126 valence electrons. The van der Waals surface area contributed by atoms with E-state index < -0.39 is 0 Å². The molecule has 7 nitrogen and oxygen atoms in total. The quantitative estimate of drug-likeness (QED) is 0.751. The van der Waals surface area contributed by atoms with Crippen LogP contribution in [-0.4, -0.2) is 39.9 Å². The van der Waals surface area contributed by atoms with Crippen LogP contribution in [0.4, 0.5) is 17.5 Å². The predicted molar refractivity (Wildman–Crippen MR) is 96.1 cm³/mol. The molecule has 3 rings (SSSR count). The van der Waals surface area contributed by atoms with Crippen LogP contribution in [0.1, 0.15) is 13.8 Å². The van der Waals surface area contributed by atoms with Crippen LogP contribution in [0, 0.1) is 0 Å². The topological polar surface area (TPSA) is 68.1 Å². The van der Waals surface area contributed by atoms with Crippen LogP contribution >= 0.6 is 0 Å². The minimum absolute atomic E-state index is 0.701. The van der Waals surface area contributed by atoms with E-state index in [9.17, 15) is 0 Å². The van der Waals surface area contributed by atoms with Crippen molar-refractivity contribution in [3.63, 3.8) is 0 Å². The molecule has 0 radical (unpaired) electrons. The lowest BCUT2D eigenvalue weighted by Gasteiger charge is -2.19. The van der Waals surface area contributed by atoms with Crippen molar-refractivity contribution < 1.29 is 4.74 Å².